The molecule has 86 valence electrons. The molecule has 4 nitrogen and oxygen atoms in total. The Hall–Kier alpha value is -1.84. The minimum Gasteiger partial charge on any atom is -0.478 e. The van der Waals surface area contributed by atoms with Gasteiger partial charge in [-0.05, 0) is 18.6 Å². The number of hydrogen-bond acceptors (Lipinski definition) is 2. The predicted molar refractivity (Wildman–Crippen MR) is 61.5 cm³/mol. The highest BCUT2D eigenvalue weighted by atomic mass is 16.4. The maximum absolute atomic E-state index is 11.6. The molecule has 0 spiro atoms. The lowest BCUT2D eigenvalue weighted by molar-refractivity contribution is -0.119. The first kappa shape index (κ1) is 12.2. The molecular formula is C12H15NO3. The molecule has 0 fully saturated rings. The van der Waals surface area contributed by atoms with Crippen molar-refractivity contribution in [1.82, 2.24) is 0 Å². The Morgan fingerprint density at radius 3 is 2.56 bits per heavy atom. The van der Waals surface area contributed by atoms with E-state index >= 15 is 0 Å². The number of carboxylic acid groups (broad SMARTS) is 1. The molecule has 0 aliphatic rings. The van der Waals surface area contributed by atoms with E-state index in [0.29, 0.717) is 5.69 Å². The molecule has 0 saturated heterocycles. The zero-order valence-electron chi connectivity index (χ0n) is 9.36. The van der Waals surface area contributed by atoms with Gasteiger partial charge in [0, 0.05) is 5.92 Å². The molecule has 2 N–H and O–H groups in total. The van der Waals surface area contributed by atoms with E-state index in [2.05, 4.69) is 5.32 Å². The zero-order chi connectivity index (χ0) is 12.1. The summed E-state index contributed by atoms with van der Waals surface area (Å²) in [6, 6.07) is 6.37. The number of carbonyl (C=O) groups is 2. The van der Waals surface area contributed by atoms with Gasteiger partial charge in [-0.2, -0.15) is 0 Å². The first-order chi connectivity index (χ1) is 7.56. The Morgan fingerprint density at radius 1 is 1.38 bits per heavy atom. The van der Waals surface area contributed by atoms with Crippen LogP contribution in [0, 0.1) is 5.92 Å². The van der Waals surface area contributed by atoms with Crippen LogP contribution >= 0.6 is 0 Å². The van der Waals surface area contributed by atoms with Gasteiger partial charge < -0.3 is 10.4 Å². The van der Waals surface area contributed by atoms with Crippen LogP contribution in [0.5, 0.6) is 0 Å². The monoisotopic (exact) mass is 221 g/mol. The Bertz CT molecular complexity index is 401. The van der Waals surface area contributed by atoms with E-state index in [1.54, 1.807) is 25.1 Å². The van der Waals surface area contributed by atoms with E-state index in [0.717, 1.165) is 6.42 Å². The number of aromatic carboxylic acids is 1. The van der Waals surface area contributed by atoms with E-state index in [4.69, 9.17) is 5.11 Å². The van der Waals surface area contributed by atoms with Crippen molar-refractivity contribution in [2.24, 2.45) is 5.92 Å². The number of anilines is 1. The lowest BCUT2D eigenvalue weighted by Crippen LogP contribution is -2.21. The SMILES string of the molecule is CCC(C)C(=O)Nc1ccccc1C(=O)O. The maximum Gasteiger partial charge on any atom is 0.337 e. The van der Waals surface area contributed by atoms with E-state index in [1.165, 1.54) is 6.07 Å². The minimum atomic E-state index is -1.04. The fourth-order valence-corrected chi connectivity index (χ4v) is 1.22. The van der Waals surface area contributed by atoms with E-state index in [9.17, 15) is 9.59 Å². The van der Waals surface area contributed by atoms with Gasteiger partial charge in [-0.25, -0.2) is 4.79 Å². The van der Waals surface area contributed by atoms with E-state index < -0.39 is 5.97 Å². The number of para-hydroxylation sites is 1. The third kappa shape index (κ3) is 2.82. The van der Waals surface area contributed by atoms with Crippen molar-refractivity contribution in [3.8, 4) is 0 Å². The summed E-state index contributed by atoms with van der Waals surface area (Å²) in [6.45, 7) is 3.71. The average Bonchev–Trinajstić information content (AvgIpc) is 2.28. The molecule has 0 aliphatic heterocycles. The van der Waals surface area contributed by atoms with Gasteiger partial charge in [-0.15, -0.1) is 0 Å². The van der Waals surface area contributed by atoms with Gasteiger partial charge in [0.2, 0.25) is 5.91 Å². The van der Waals surface area contributed by atoms with Crippen LogP contribution in [0.3, 0.4) is 0 Å². The van der Waals surface area contributed by atoms with Gasteiger partial charge in [-0.3, -0.25) is 4.79 Å². The normalized spacial score (nSPS) is 11.9. The second kappa shape index (κ2) is 5.30. The van der Waals surface area contributed by atoms with Crippen molar-refractivity contribution in [2.45, 2.75) is 20.3 Å². The summed E-state index contributed by atoms with van der Waals surface area (Å²) in [6.07, 6.45) is 0.723. The number of carbonyl (C=O) groups excluding carboxylic acids is 1. The molecule has 1 aromatic carbocycles. The lowest BCUT2D eigenvalue weighted by Gasteiger charge is -2.11. The summed E-state index contributed by atoms with van der Waals surface area (Å²) in [7, 11) is 0. The molecule has 1 rings (SSSR count). The van der Waals surface area contributed by atoms with Gasteiger partial charge in [0.05, 0.1) is 11.3 Å². The van der Waals surface area contributed by atoms with Gasteiger partial charge >= 0.3 is 5.97 Å². The van der Waals surface area contributed by atoms with Gasteiger partial charge in [0.1, 0.15) is 0 Å². The number of rotatable bonds is 4. The summed E-state index contributed by atoms with van der Waals surface area (Å²) < 4.78 is 0. The van der Waals surface area contributed by atoms with Crippen LogP contribution in [0.15, 0.2) is 24.3 Å². The Morgan fingerprint density at radius 2 is 2.00 bits per heavy atom. The Balaban J connectivity index is 2.89. The van der Waals surface area contributed by atoms with Crippen molar-refractivity contribution < 1.29 is 14.7 Å². The molecule has 0 saturated carbocycles. The van der Waals surface area contributed by atoms with Crippen LogP contribution in [-0.2, 0) is 4.79 Å². The predicted octanol–water partition coefficient (Wildman–Crippen LogP) is 2.37. The van der Waals surface area contributed by atoms with Crippen LogP contribution in [-0.4, -0.2) is 17.0 Å². The molecule has 1 unspecified atom stereocenters. The molecule has 1 atom stereocenters. The Labute approximate surface area is 94.3 Å². The van der Waals surface area contributed by atoms with Crippen LogP contribution < -0.4 is 5.32 Å². The minimum absolute atomic E-state index is 0.110. The van der Waals surface area contributed by atoms with Crippen molar-refractivity contribution in [1.29, 1.82) is 0 Å². The molecule has 0 heterocycles. The highest BCUT2D eigenvalue weighted by Crippen LogP contribution is 2.16. The lowest BCUT2D eigenvalue weighted by atomic mass is 10.1. The molecule has 1 amide bonds. The molecule has 0 bridgehead atoms. The topological polar surface area (TPSA) is 66.4 Å². The zero-order valence-corrected chi connectivity index (χ0v) is 9.36. The smallest absolute Gasteiger partial charge is 0.337 e. The van der Waals surface area contributed by atoms with Crippen molar-refractivity contribution >= 4 is 17.6 Å². The molecule has 0 aromatic heterocycles. The van der Waals surface area contributed by atoms with Crippen molar-refractivity contribution in [3.63, 3.8) is 0 Å². The average molecular weight is 221 g/mol. The van der Waals surface area contributed by atoms with Crippen LogP contribution in [0.1, 0.15) is 30.6 Å². The van der Waals surface area contributed by atoms with Crippen molar-refractivity contribution in [3.05, 3.63) is 29.8 Å². The van der Waals surface area contributed by atoms with Crippen LogP contribution in [0.2, 0.25) is 0 Å². The van der Waals surface area contributed by atoms with Crippen molar-refractivity contribution in [2.75, 3.05) is 5.32 Å². The molecule has 4 heteroatoms. The van der Waals surface area contributed by atoms with Gasteiger partial charge in [-0.1, -0.05) is 26.0 Å². The molecule has 1 aromatic rings. The van der Waals surface area contributed by atoms with E-state index in [1.807, 2.05) is 6.92 Å². The van der Waals surface area contributed by atoms with Gasteiger partial charge in [0.15, 0.2) is 0 Å². The second-order valence-corrected chi connectivity index (χ2v) is 3.65. The molecule has 0 radical (unpaired) electrons. The summed E-state index contributed by atoms with van der Waals surface area (Å²) in [5.74, 6) is -1.32. The van der Waals surface area contributed by atoms with Crippen LogP contribution in [0.4, 0.5) is 5.69 Å². The third-order valence-electron chi connectivity index (χ3n) is 2.48. The number of amides is 1. The molecule has 16 heavy (non-hydrogen) atoms. The quantitative estimate of drug-likeness (QED) is 0.820. The number of nitrogens with one attached hydrogen (secondary N) is 1. The molecular weight excluding hydrogens is 206 g/mol. The highest BCUT2D eigenvalue weighted by Gasteiger charge is 2.14. The highest BCUT2D eigenvalue weighted by molar-refractivity contribution is 6.00. The number of benzene rings is 1. The summed E-state index contributed by atoms with van der Waals surface area (Å²) in [4.78, 5) is 22.5. The summed E-state index contributed by atoms with van der Waals surface area (Å²) >= 11 is 0. The van der Waals surface area contributed by atoms with Gasteiger partial charge in [0.25, 0.3) is 0 Å². The van der Waals surface area contributed by atoms with E-state index in [-0.39, 0.29) is 17.4 Å². The summed E-state index contributed by atoms with van der Waals surface area (Å²) in [5.41, 5.74) is 0.458. The first-order valence-corrected chi connectivity index (χ1v) is 5.19. The van der Waals surface area contributed by atoms with Crippen LogP contribution in [0.25, 0.3) is 0 Å². The fraction of sp³-hybridized carbons (Fsp3) is 0.333. The first-order valence-electron chi connectivity index (χ1n) is 5.19. The maximum atomic E-state index is 11.6. The Kier molecular flexibility index (Phi) is 4.05. The second-order valence-electron chi connectivity index (χ2n) is 3.65. The molecule has 0 aliphatic carbocycles. The third-order valence-corrected chi connectivity index (χ3v) is 2.48. The largest absolute Gasteiger partial charge is 0.478 e. The standard InChI is InChI=1S/C12H15NO3/c1-3-8(2)11(14)13-10-7-5-4-6-9(10)12(15)16/h4-8H,3H2,1-2H3,(H,13,14)(H,15,16). The number of carboxylic acids is 1. The number of hydrogen-bond donors (Lipinski definition) is 2. The summed E-state index contributed by atoms with van der Waals surface area (Å²) in [5, 5.41) is 11.5. The fourth-order valence-electron chi connectivity index (χ4n) is 1.22.